The standard InChI is InChI=1S/C22H17BrCl2N2O2/c23-15-5-4-14(12-28)19(9-15)27-22(11-13-2-1-3-16(24)8-13)18-7-6-17(25)10-20(18)26-21(22)29/h1-10,27-28H,11-12H2,(H,26,29). The zero-order valence-electron chi connectivity index (χ0n) is 15.2. The maximum absolute atomic E-state index is 13.3. The molecule has 0 bridgehead atoms. The lowest BCUT2D eigenvalue weighted by atomic mass is 9.84. The molecule has 1 amide bonds. The van der Waals surface area contributed by atoms with Crippen LogP contribution in [-0.2, 0) is 23.4 Å². The number of nitrogens with one attached hydrogen (secondary N) is 2. The summed E-state index contributed by atoms with van der Waals surface area (Å²) < 4.78 is 0.838. The molecule has 148 valence electrons. The number of rotatable bonds is 5. The molecule has 7 heteroatoms. The Kier molecular flexibility index (Phi) is 5.58. The Morgan fingerprint density at radius 2 is 1.83 bits per heavy atom. The van der Waals surface area contributed by atoms with Crippen molar-refractivity contribution in [3.63, 3.8) is 0 Å². The number of fused-ring (bicyclic) bond motifs is 1. The molecule has 0 fully saturated rings. The molecular formula is C22H17BrCl2N2O2. The molecule has 1 aliphatic rings. The predicted molar refractivity (Wildman–Crippen MR) is 121 cm³/mol. The van der Waals surface area contributed by atoms with Crippen LogP contribution >= 0.6 is 39.1 Å². The van der Waals surface area contributed by atoms with Crippen LogP contribution < -0.4 is 10.6 Å². The molecule has 1 atom stereocenters. The summed E-state index contributed by atoms with van der Waals surface area (Å²) in [5.41, 5.74) is 2.63. The third-order valence-electron chi connectivity index (χ3n) is 5.03. The molecule has 4 nitrogen and oxygen atoms in total. The molecule has 0 aromatic heterocycles. The second kappa shape index (κ2) is 8.00. The number of amides is 1. The van der Waals surface area contributed by atoms with Crippen molar-refractivity contribution in [2.75, 3.05) is 10.6 Å². The van der Waals surface area contributed by atoms with Gasteiger partial charge in [-0.1, -0.05) is 63.4 Å². The summed E-state index contributed by atoms with van der Waals surface area (Å²) in [5, 5.41) is 17.3. The summed E-state index contributed by atoms with van der Waals surface area (Å²) in [5.74, 6) is -0.196. The van der Waals surface area contributed by atoms with Gasteiger partial charge < -0.3 is 15.7 Å². The lowest BCUT2D eigenvalue weighted by Gasteiger charge is -2.31. The second-order valence-corrected chi connectivity index (χ2v) is 8.73. The van der Waals surface area contributed by atoms with Gasteiger partial charge in [-0.2, -0.15) is 0 Å². The minimum atomic E-state index is -1.09. The molecule has 0 aliphatic carbocycles. The van der Waals surface area contributed by atoms with E-state index in [1.807, 2.05) is 42.5 Å². The summed E-state index contributed by atoms with van der Waals surface area (Å²) in [6.45, 7) is -0.155. The lowest BCUT2D eigenvalue weighted by molar-refractivity contribution is -0.119. The van der Waals surface area contributed by atoms with E-state index < -0.39 is 5.54 Å². The first kappa shape index (κ1) is 20.2. The van der Waals surface area contributed by atoms with Gasteiger partial charge in [0.2, 0.25) is 0 Å². The molecule has 4 rings (SSSR count). The number of hydrogen-bond acceptors (Lipinski definition) is 3. The molecule has 29 heavy (non-hydrogen) atoms. The first-order chi connectivity index (χ1) is 13.9. The highest BCUT2D eigenvalue weighted by Crippen LogP contribution is 2.43. The van der Waals surface area contributed by atoms with Crippen LogP contribution in [0.2, 0.25) is 10.0 Å². The van der Waals surface area contributed by atoms with E-state index in [1.165, 1.54) is 0 Å². The Morgan fingerprint density at radius 3 is 2.59 bits per heavy atom. The molecule has 3 aromatic carbocycles. The number of aliphatic hydroxyl groups is 1. The molecule has 1 heterocycles. The summed E-state index contributed by atoms with van der Waals surface area (Å²) in [4.78, 5) is 13.3. The fourth-order valence-electron chi connectivity index (χ4n) is 3.67. The Bertz CT molecular complexity index is 1110. The van der Waals surface area contributed by atoms with Gasteiger partial charge in [-0.15, -0.1) is 0 Å². The zero-order valence-corrected chi connectivity index (χ0v) is 18.3. The zero-order chi connectivity index (χ0) is 20.6. The van der Waals surface area contributed by atoms with Gasteiger partial charge in [0.25, 0.3) is 5.91 Å². The van der Waals surface area contributed by atoms with Gasteiger partial charge in [0.05, 0.1) is 6.61 Å². The molecule has 1 unspecified atom stereocenters. The summed E-state index contributed by atoms with van der Waals surface area (Å²) in [6, 6.07) is 18.3. The second-order valence-electron chi connectivity index (χ2n) is 6.94. The van der Waals surface area contributed by atoms with Gasteiger partial charge in [0.15, 0.2) is 0 Å². The average Bonchev–Trinajstić information content (AvgIpc) is 2.92. The van der Waals surface area contributed by atoms with Crippen molar-refractivity contribution in [1.29, 1.82) is 0 Å². The van der Waals surface area contributed by atoms with Gasteiger partial charge in [0, 0.05) is 43.4 Å². The van der Waals surface area contributed by atoms with Gasteiger partial charge in [-0.05, 0) is 42.0 Å². The van der Waals surface area contributed by atoms with Crippen LogP contribution in [-0.4, -0.2) is 11.0 Å². The smallest absolute Gasteiger partial charge is 0.255 e. The Morgan fingerprint density at radius 1 is 1.03 bits per heavy atom. The SMILES string of the molecule is O=C1Nc2cc(Cl)ccc2C1(Cc1cccc(Cl)c1)Nc1cc(Br)ccc1CO. The van der Waals surface area contributed by atoms with Crippen molar-refractivity contribution >= 4 is 56.4 Å². The first-order valence-electron chi connectivity index (χ1n) is 8.95. The van der Waals surface area contributed by atoms with Gasteiger partial charge >= 0.3 is 0 Å². The summed E-state index contributed by atoms with van der Waals surface area (Å²) in [6.07, 6.45) is 0.366. The van der Waals surface area contributed by atoms with Crippen LogP contribution in [0.15, 0.2) is 65.1 Å². The van der Waals surface area contributed by atoms with Crippen LogP contribution in [0.3, 0.4) is 0 Å². The van der Waals surface area contributed by atoms with E-state index in [0.29, 0.717) is 33.4 Å². The maximum atomic E-state index is 13.3. The molecule has 3 N–H and O–H groups in total. The molecular weight excluding hydrogens is 475 g/mol. The normalized spacial score (nSPS) is 17.7. The topological polar surface area (TPSA) is 61.4 Å². The molecule has 1 aliphatic heterocycles. The van der Waals surface area contributed by atoms with Crippen molar-refractivity contribution in [1.82, 2.24) is 0 Å². The molecule has 0 radical (unpaired) electrons. The van der Waals surface area contributed by atoms with E-state index in [9.17, 15) is 9.90 Å². The lowest BCUT2D eigenvalue weighted by Crippen LogP contribution is -2.44. The fraction of sp³-hybridized carbons (Fsp3) is 0.136. The highest BCUT2D eigenvalue weighted by Gasteiger charge is 2.47. The largest absolute Gasteiger partial charge is 0.392 e. The van der Waals surface area contributed by atoms with Crippen molar-refractivity contribution < 1.29 is 9.90 Å². The molecule has 0 saturated carbocycles. The minimum Gasteiger partial charge on any atom is -0.392 e. The number of carbonyl (C=O) groups is 1. The number of hydrogen-bond donors (Lipinski definition) is 3. The van der Waals surface area contributed by atoms with Crippen molar-refractivity contribution in [2.24, 2.45) is 0 Å². The van der Waals surface area contributed by atoms with Gasteiger partial charge in [-0.25, -0.2) is 0 Å². The average molecular weight is 492 g/mol. The van der Waals surface area contributed by atoms with Crippen LogP contribution in [0.25, 0.3) is 0 Å². The van der Waals surface area contributed by atoms with Crippen molar-refractivity contribution in [3.05, 3.63) is 91.9 Å². The van der Waals surface area contributed by atoms with E-state index in [4.69, 9.17) is 23.2 Å². The van der Waals surface area contributed by atoms with E-state index in [-0.39, 0.29) is 12.5 Å². The Balaban J connectivity index is 1.87. The summed E-state index contributed by atoms with van der Waals surface area (Å²) >= 11 is 15.8. The van der Waals surface area contributed by atoms with Crippen molar-refractivity contribution in [2.45, 2.75) is 18.6 Å². The number of aliphatic hydroxyl groups excluding tert-OH is 1. The first-order valence-corrected chi connectivity index (χ1v) is 10.5. The van der Waals surface area contributed by atoms with Gasteiger partial charge in [0.1, 0.15) is 5.54 Å². The predicted octanol–water partition coefficient (Wildman–Crippen LogP) is 5.75. The third kappa shape index (κ3) is 3.88. The highest BCUT2D eigenvalue weighted by molar-refractivity contribution is 9.10. The van der Waals surface area contributed by atoms with E-state index in [1.54, 1.807) is 18.2 Å². The highest BCUT2D eigenvalue weighted by atomic mass is 79.9. The monoisotopic (exact) mass is 490 g/mol. The minimum absolute atomic E-state index is 0.155. The number of benzene rings is 3. The van der Waals surface area contributed by atoms with E-state index >= 15 is 0 Å². The third-order valence-corrected chi connectivity index (χ3v) is 5.99. The number of halogens is 3. The number of anilines is 2. The van der Waals surface area contributed by atoms with Crippen molar-refractivity contribution in [3.8, 4) is 0 Å². The van der Waals surface area contributed by atoms with Crippen LogP contribution in [0.1, 0.15) is 16.7 Å². The van der Waals surface area contributed by atoms with E-state index in [0.717, 1.165) is 15.6 Å². The van der Waals surface area contributed by atoms with E-state index in [2.05, 4.69) is 26.6 Å². The molecule has 0 spiro atoms. The van der Waals surface area contributed by atoms with Crippen LogP contribution in [0, 0.1) is 0 Å². The van der Waals surface area contributed by atoms with Gasteiger partial charge in [-0.3, -0.25) is 4.79 Å². The fourth-order valence-corrected chi connectivity index (χ4v) is 4.42. The number of carbonyl (C=O) groups excluding carboxylic acids is 1. The molecule has 0 saturated heterocycles. The quantitative estimate of drug-likeness (QED) is 0.425. The Labute approximate surface area is 187 Å². The Hall–Kier alpha value is -2.05. The summed E-state index contributed by atoms with van der Waals surface area (Å²) in [7, 11) is 0. The maximum Gasteiger partial charge on any atom is 0.255 e. The molecule has 3 aromatic rings. The van der Waals surface area contributed by atoms with Crippen LogP contribution in [0.5, 0.6) is 0 Å². The van der Waals surface area contributed by atoms with Crippen LogP contribution in [0.4, 0.5) is 11.4 Å².